The maximum Gasteiger partial charge on any atom is 0.263 e. The highest BCUT2D eigenvalue weighted by molar-refractivity contribution is 6.05. The molecule has 0 unspecified atom stereocenters. The molecule has 1 heterocycles. The third-order valence-electron chi connectivity index (χ3n) is 6.61. The van der Waals surface area contributed by atoms with E-state index in [-0.39, 0.29) is 16.9 Å². The van der Waals surface area contributed by atoms with Gasteiger partial charge in [0.05, 0.1) is 7.11 Å². The minimum absolute atomic E-state index is 0.0747. The molecule has 1 aromatic heterocycles. The van der Waals surface area contributed by atoms with Crippen molar-refractivity contribution in [2.45, 2.75) is 20.4 Å². The maximum atomic E-state index is 15.0. The van der Waals surface area contributed by atoms with Crippen LogP contribution in [0.4, 0.5) is 10.1 Å². The van der Waals surface area contributed by atoms with Crippen molar-refractivity contribution in [2.24, 2.45) is 7.05 Å². The molecule has 7 heteroatoms. The van der Waals surface area contributed by atoms with Crippen LogP contribution in [-0.2, 0) is 13.6 Å². The monoisotopic (exact) mass is 499 g/mol. The lowest BCUT2D eigenvalue weighted by Gasteiger charge is -2.18. The molecule has 2 N–H and O–H groups in total. The number of nitrogens with zero attached hydrogens (tertiary/aromatic N) is 1. The normalized spacial score (nSPS) is 10.9. The summed E-state index contributed by atoms with van der Waals surface area (Å²) in [6.45, 7) is 4.28. The van der Waals surface area contributed by atoms with Crippen molar-refractivity contribution in [2.75, 3.05) is 19.5 Å². The third kappa shape index (κ3) is 5.04. The molecule has 0 atom stereocenters. The van der Waals surface area contributed by atoms with E-state index in [4.69, 9.17) is 4.74 Å². The average Bonchev–Trinajstić information content (AvgIpc) is 2.88. The van der Waals surface area contributed by atoms with Gasteiger partial charge in [-0.25, -0.2) is 4.39 Å². The van der Waals surface area contributed by atoms with Gasteiger partial charge < -0.3 is 19.9 Å². The first-order valence-electron chi connectivity index (χ1n) is 11.9. The van der Waals surface area contributed by atoms with E-state index in [0.717, 1.165) is 33.4 Å². The number of benzene rings is 3. The standard InChI is InChI=1S/C30H30FN3O3/c1-18-21(20-15-26(31)25(17-32-3)28(16-20)37-5)9-6-10-22(18)23-11-7-13-27(19(23)2)33-29(35)24-12-8-14-34(4)30(24)36/h6-16,32H,17H2,1-5H3,(H,33,35). The molecule has 0 aliphatic heterocycles. The van der Waals surface area contributed by atoms with Crippen LogP contribution < -0.4 is 20.9 Å². The van der Waals surface area contributed by atoms with Crippen LogP contribution >= 0.6 is 0 Å². The minimum atomic E-state index is -0.462. The first kappa shape index (κ1) is 25.9. The van der Waals surface area contributed by atoms with E-state index in [9.17, 15) is 14.0 Å². The van der Waals surface area contributed by atoms with Crippen LogP contribution in [0.2, 0.25) is 0 Å². The predicted molar refractivity (Wildman–Crippen MR) is 146 cm³/mol. The molecule has 6 nitrogen and oxygen atoms in total. The Hall–Kier alpha value is -4.23. The molecule has 0 bridgehead atoms. The second-order valence-electron chi connectivity index (χ2n) is 8.92. The Morgan fingerprint density at radius 3 is 2.35 bits per heavy atom. The van der Waals surface area contributed by atoms with E-state index in [1.165, 1.54) is 23.8 Å². The molecular weight excluding hydrogens is 469 g/mol. The number of aryl methyl sites for hydroxylation is 1. The zero-order chi connectivity index (χ0) is 26.7. The fourth-order valence-corrected chi connectivity index (χ4v) is 4.56. The number of anilines is 1. The number of rotatable bonds is 7. The van der Waals surface area contributed by atoms with Crippen molar-refractivity contribution < 1.29 is 13.9 Å². The molecule has 4 aromatic rings. The fourth-order valence-electron chi connectivity index (χ4n) is 4.56. The first-order valence-corrected chi connectivity index (χ1v) is 11.9. The number of halogens is 1. The molecule has 0 aliphatic rings. The van der Waals surface area contributed by atoms with Gasteiger partial charge in [0, 0.05) is 31.0 Å². The predicted octanol–water partition coefficient (Wildman–Crippen LogP) is 5.46. The Kier molecular flexibility index (Phi) is 7.55. The maximum absolute atomic E-state index is 15.0. The van der Waals surface area contributed by atoms with Crippen molar-refractivity contribution >= 4 is 11.6 Å². The van der Waals surface area contributed by atoms with Crippen LogP contribution in [0.3, 0.4) is 0 Å². The molecule has 37 heavy (non-hydrogen) atoms. The van der Waals surface area contributed by atoms with Crippen LogP contribution in [0, 0.1) is 19.7 Å². The van der Waals surface area contributed by atoms with Crippen LogP contribution in [0.15, 0.2) is 71.7 Å². The minimum Gasteiger partial charge on any atom is -0.496 e. The summed E-state index contributed by atoms with van der Waals surface area (Å²) in [6, 6.07) is 18.1. The summed E-state index contributed by atoms with van der Waals surface area (Å²) in [5, 5.41) is 5.86. The Labute approximate surface area is 215 Å². The van der Waals surface area contributed by atoms with E-state index in [2.05, 4.69) is 10.6 Å². The Morgan fingerprint density at radius 2 is 1.65 bits per heavy atom. The lowest BCUT2D eigenvalue weighted by molar-refractivity contribution is 0.102. The van der Waals surface area contributed by atoms with Crippen molar-refractivity contribution in [1.29, 1.82) is 0 Å². The van der Waals surface area contributed by atoms with E-state index in [0.29, 0.717) is 23.5 Å². The molecule has 0 saturated heterocycles. The zero-order valence-electron chi connectivity index (χ0n) is 21.6. The third-order valence-corrected chi connectivity index (χ3v) is 6.61. The zero-order valence-corrected chi connectivity index (χ0v) is 21.6. The van der Waals surface area contributed by atoms with E-state index in [1.54, 1.807) is 26.4 Å². The van der Waals surface area contributed by atoms with Gasteiger partial charge in [-0.1, -0.05) is 30.3 Å². The fraction of sp³-hybridized carbons (Fsp3) is 0.200. The highest BCUT2D eigenvalue weighted by Crippen LogP contribution is 2.37. The van der Waals surface area contributed by atoms with Gasteiger partial charge in [-0.05, 0) is 84.6 Å². The lowest BCUT2D eigenvalue weighted by Crippen LogP contribution is -2.27. The van der Waals surface area contributed by atoms with Gasteiger partial charge in [0.25, 0.3) is 11.5 Å². The van der Waals surface area contributed by atoms with Gasteiger partial charge >= 0.3 is 0 Å². The second-order valence-corrected chi connectivity index (χ2v) is 8.92. The number of carbonyl (C=O) groups excluding carboxylic acids is 1. The molecule has 3 aromatic carbocycles. The van der Waals surface area contributed by atoms with Crippen molar-refractivity contribution in [3.05, 3.63) is 105 Å². The van der Waals surface area contributed by atoms with Crippen molar-refractivity contribution in [1.82, 2.24) is 9.88 Å². The molecule has 4 rings (SSSR count). The number of ether oxygens (including phenoxy) is 1. The van der Waals surface area contributed by atoms with Crippen LogP contribution in [0.1, 0.15) is 27.0 Å². The average molecular weight is 500 g/mol. The number of pyridine rings is 1. The SMILES string of the molecule is CNCc1c(F)cc(-c2cccc(-c3cccc(NC(=O)c4cccn(C)c4=O)c3C)c2C)cc1OC. The Bertz CT molecular complexity index is 1540. The van der Waals surface area contributed by atoms with Crippen molar-refractivity contribution in [3.63, 3.8) is 0 Å². The van der Waals surface area contributed by atoms with E-state index >= 15 is 0 Å². The van der Waals surface area contributed by atoms with Crippen LogP contribution in [-0.4, -0.2) is 24.6 Å². The molecule has 0 fully saturated rings. The van der Waals surface area contributed by atoms with Crippen molar-refractivity contribution in [3.8, 4) is 28.0 Å². The molecule has 0 saturated carbocycles. The highest BCUT2D eigenvalue weighted by atomic mass is 19.1. The molecule has 1 amide bonds. The first-order chi connectivity index (χ1) is 17.8. The number of hydrogen-bond acceptors (Lipinski definition) is 4. The summed E-state index contributed by atoms with van der Waals surface area (Å²) in [6.07, 6.45) is 1.61. The summed E-state index contributed by atoms with van der Waals surface area (Å²) in [4.78, 5) is 25.3. The van der Waals surface area contributed by atoms with E-state index in [1.807, 2.05) is 56.3 Å². The number of methoxy groups -OCH3 is 1. The number of amides is 1. The highest BCUT2D eigenvalue weighted by Gasteiger charge is 2.17. The Balaban J connectivity index is 1.74. The van der Waals surface area contributed by atoms with Crippen LogP contribution in [0.25, 0.3) is 22.3 Å². The summed E-state index contributed by atoms with van der Waals surface area (Å²) < 4.78 is 21.8. The van der Waals surface area contributed by atoms with Gasteiger partial charge in [-0.3, -0.25) is 9.59 Å². The van der Waals surface area contributed by atoms with Gasteiger partial charge in [-0.2, -0.15) is 0 Å². The summed E-state index contributed by atoms with van der Waals surface area (Å²) in [5.74, 6) is -0.306. The molecule has 0 spiro atoms. The topological polar surface area (TPSA) is 72.4 Å². The smallest absolute Gasteiger partial charge is 0.263 e. The Morgan fingerprint density at radius 1 is 0.973 bits per heavy atom. The number of nitrogens with one attached hydrogen (secondary N) is 2. The molecule has 0 radical (unpaired) electrons. The number of carbonyl (C=O) groups is 1. The van der Waals surface area contributed by atoms with Gasteiger partial charge in [0.2, 0.25) is 0 Å². The molecule has 0 aliphatic carbocycles. The van der Waals surface area contributed by atoms with Crippen LogP contribution in [0.5, 0.6) is 5.75 Å². The largest absolute Gasteiger partial charge is 0.496 e. The number of hydrogen-bond donors (Lipinski definition) is 2. The van der Waals surface area contributed by atoms with Gasteiger partial charge in [-0.15, -0.1) is 0 Å². The van der Waals surface area contributed by atoms with Gasteiger partial charge in [0.1, 0.15) is 17.1 Å². The van der Waals surface area contributed by atoms with E-state index < -0.39 is 5.91 Å². The quantitative estimate of drug-likeness (QED) is 0.354. The lowest BCUT2D eigenvalue weighted by atomic mass is 9.90. The second kappa shape index (κ2) is 10.8. The summed E-state index contributed by atoms with van der Waals surface area (Å²) >= 11 is 0. The molecule has 190 valence electrons. The number of aromatic nitrogens is 1. The summed E-state index contributed by atoms with van der Waals surface area (Å²) in [5.41, 5.74) is 6.12. The summed E-state index contributed by atoms with van der Waals surface area (Å²) in [7, 11) is 4.91. The molecular formula is C30H30FN3O3. The van der Waals surface area contributed by atoms with Gasteiger partial charge in [0.15, 0.2) is 0 Å².